The van der Waals surface area contributed by atoms with Crippen molar-refractivity contribution in [2.45, 2.75) is 6.42 Å². The van der Waals surface area contributed by atoms with Gasteiger partial charge in [0.2, 0.25) is 0 Å². The Morgan fingerprint density at radius 1 is 0.810 bits per heavy atom. The van der Waals surface area contributed by atoms with Crippen LogP contribution in [0.3, 0.4) is 0 Å². The van der Waals surface area contributed by atoms with Crippen LogP contribution in [0.15, 0.2) is 84.1 Å². The lowest BCUT2D eigenvalue weighted by atomic mass is 10.0. The molecule has 5 heteroatoms. The third-order valence-corrected chi connectivity index (χ3v) is 2.37. The molecule has 0 amide bonds. The zero-order valence-electron chi connectivity index (χ0n) is 12.2. The van der Waals surface area contributed by atoms with Crippen molar-refractivity contribution in [1.82, 2.24) is 0 Å². The van der Waals surface area contributed by atoms with Crippen LogP contribution in [-0.4, -0.2) is 7.25 Å². The molecule has 2 aliphatic rings. The highest BCUT2D eigenvalue weighted by Crippen LogP contribution is 2.17. The van der Waals surface area contributed by atoms with Gasteiger partial charge in [-0.15, -0.1) is 0 Å². The summed E-state index contributed by atoms with van der Waals surface area (Å²) in [5, 5.41) is 0. The highest BCUT2D eigenvalue weighted by molar-refractivity contribution is 6.50. The van der Waals surface area contributed by atoms with Gasteiger partial charge in [-0.05, 0) is 12.2 Å². The van der Waals surface area contributed by atoms with Crippen LogP contribution >= 0.6 is 0 Å². The average molecular weight is 295 g/mol. The van der Waals surface area contributed by atoms with Gasteiger partial charge in [-0.2, -0.15) is 0 Å². The van der Waals surface area contributed by atoms with E-state index in [4.69, 9.17) is 1.37 Å². The van der Waals surface area contributed by atoms with Gasteiger partial charge in [0, 0.05) is 48.3 Å². The smallest absolute Gasteiger partial charge is 0.418 e. The van der Waals surface area contributed by atoms with E-state index in [1.165, 1.54) is 11.1 Å². The minimum Gasteiger partial charge on any atom is -0.418 e. The quantitative estimate of drug-likeness (QED) is 0.312. The van der Waals surface area contributed by atoms with Gasteiger partial charge in [-0.1, -0.05) is 36.5 Å². The number of allylic oxidation sites excluding steroid dienone is 14. The van der Waals surface area contributed by atoms with Gasteiger partial charge in [-0.25, -0.2) is 0 Å². The number of halogens is 4. The summed E-state index contributed by atoms with van der Waals surface area (Å²) in [6.07, 6.45) is 25.4. The first-order valence-corrected chi connectivity index (χ1v) is 6.31. The number of rotatable bonds is 0. The standard InChI is InChI=1S/C16H15.BF4/c1-2-4-7-11-16-13-9-5-8-12-15(14-16)10-6-3-1;2-1(3,4)5/h1-13H,14H2;/q+1;-1/i5D;. The first-order chi connectivity index (χ1) is 10.3. The lowest BCUT2D eigenvalue weighted by molar-refractivity contribution is 0.368. The van der Waals surface area contributed by atoms with E-state index in [1.54, 1.807) is 0 Å². The molecule has 0 aliphatic heterocycles. The molecule has 0 aromatic heterocycles. The number of fused-ring (bicyclic) bond motifs is 2. The van der Waals surface area contributed by atoms with Gasteiger partial charge in [0.05, 0.1) is 0 Å². The van der Waals surface area contributed by atoms with E-state index in [1.807, 2.05) is 60.8 Å². The average Bonchev–Trinajstić information content (AvgIpc) is 2.44. The molecule has 0 radical (unpaired) electrons. The van der Waals surface area contributed by atoms with Crippen LogP contribution in [0.1, 0.15) is 7.79 Å². The predicted molar refractivity (Wildman–Crippen MR) is 81.0 cm³/mol. The third-order valence-electron chi connectivity index (χ3n) is 2.37. The Hall–Kier alpha value is -2.17. The molecule has 110 valence electrons. The molecule has 2 bridgehead atoms. The molecule has 0 saturated heterocycles. The van der Waals surface area contributed by atoms with Gasteiger partial charge in [0.25, 0.3) is 0 Å². The van der Waals surface area contributed by atoms with Crippen LogP contribution in [0.4, 0.5) is 17.3 Å². The van der Waals surface area contributed by atoms with E-state index in [-0.39, 0.29) is 0 Å². The summed E-state index contributed by atoms with van der Waals surface area (Å²) in [6.45, 7) is 0. The highest BCUT2D eigenvalue weighted by Gasteiger charge is 2.20. The normalized spacial score (nSPS) is 18.5. The molecule has 0 spiro atoms. The van der Waals surface area contributed by atoms with Crippen molar-refractivity contribution < 1.29 is 18.6 Å². The van der Waals surface area contributed by atoms with E-state index in [9.17, 15) is 17.3 Å². The molecule has 0 aromatic rings. The molecule has 2 aliphatic carbocycles. The largest absolute Gasteiger partial charge is 0.673 e. The monoisotopic (exact) mass is 295 g/mol. The van der Waals surface area contributed by atoms with E-state index < -0.39 is 7.25 Å². The fourth-order valence-electron chi connectivity index (χ4n) is 1.56. The Morgan fingerprint density at radius 3 is 1.62 bits per heavy atom. The molecule has 0 atom stereocenters. The Kier molecular flexibility index (Phi) is 6.45. The SMILES string of the molecule is F[B-](F)(F)F.[2H][C+]1C=CC2=CC=CC=CC=CC=C(C=C1)C2. The summed E-state index contributed by atoms with van der Waals surface area (Å²) in [4.78, 5) is 0. The molecular formula is C16H15BF4. The predicted octanol–water partition coefficient (Wildman–Crippen LogP) is 5.54. The van der Waals surface area contributed by atoms with Crippen molar-refractivity contribution in [2.24, 2.45) is 0 Å². The van der Waals surface area contributed by atoms with Gasteiger partial charge in [0.1, 0.15) is 0 Å². The van der Waals surface area contributed by atoms with Crippen molar-refractivity contribution in [3.05, 3.63) is 90.5 Å². The minimum atomic E-state index is -6.00. The number of hydrogen-bond acceptors (Lipinski definition) is 0. The van der Waals surface area contributed by atoms with Gasteiger partial charge < -0.3 is 17.3 Å². The topological polar surface area (TPSA) is 0 Å². The lowest BCUT2D eigenvalue weighted by Gasteiger charge is -2.00. The van der Waals surface area contributed by atoms with Crippen molar-refractivity contribution in [2.75, 3.05) is 0 Å². The Balaban J connectivity index is 0.000000422. The maximum Gasteiger partial charge on any atom is 0.673 e. The molecule has 21 heavy (non-hydrogen) atoms. The second-order valence-corrected chi connectivity index (χ2v) is 4.14. The van der Waals surface area contributed by atoms with Gasteiger partial charge in [-0.3, -0.25) is 0 Å². The second-order valence-electron chi connectivity index (χ2n) is 4.14. The van der Waals surface area contributed by atoms with Crippen LogP contribution in [0.2, 0.25) is 0 Å². The molecule has 2 rings (SSSR count). The summed E-state index contributed by atoms with van der Waals surface area (Å²) in [7, 11) is -6.00. The van der Waals surface area contributed by atoms with Crippen molar-refractivity contribution >= 4 is 7.25 Å². The van der Waals surface area contributed by atoms with Crippen molar-refractivity contribution in [1.29, 1.82) is 0 Å². The summed E-state index contributed by atoms with van der Waals surface area (Å²) >= 11 is 0. The summed E-state index contributed by atoms with van der Waals surface area (Å²) in [5.41, 5.74) is 2.43. The molecule has 0 heterocycles. The first kappa shape index (κ1) is 15.2. The maximum atomic E-state index is 9.75. The molecule has 0 N–H and O–H groups in total. The fourth-order valence-corrected chi connectivity index (χ4v) is 1.56. The zero-order valence-corrected chi connectivity index (χ0v) is 11.2. The van der Waals surface area contributed by atoms with Gasteiger partial charge >= 0.3 is 7.25 Å². The highest BCUT2D eigenvalue weighted by atomic mass is 19.5. The summed E-state index contributed by atoms with van der Waals surface area (Å²) in [6, 6.07) is 0. The lowest BCUT2D eigenvalue weighted by Crippen LogP contribution is -2.02. The molecule has 0 saturated carbocycles. The van der Waals surface area contributed by atoms with Crippen LogP contribution in [0, 0.1) is 6.40 Å². The molecule has 0 fully saturated rings. The maximum absolute atomic E-state index is 9.75. The van der Waals surface area contributed by atoms with E-state index in [2.05, 4.69) is 12.2 Å². The zero-order chi connectivity index (χ0) is 16.4. The number of hydrogen-bond donors (Lipinski definition) is 0. The Bertz CT molecular complexity index is 515. The van der Waals surface area contributed by atoms with Crippen LogP contribution < -0.4 is 0 Å². The van der Waals surface area contributed by atoms with Crippen LogP contribution in [0.5, 0.6) is 0 Å². The third kappa shape index (κ3) is 10.3. The summed E-state index contributed by atoms with van der Waals surface area (Å²) < 4.78 is 46.7. The summed E-state index contributed by atoms with van der Waals surface area (Å²) in [5.74, 6) is 0. The first-order valence-electron chi connectivity index (χ1n) is 6.81. The fraction of sp³-hybridized carbons (Fsp3) is 0.0625. The Morgan fingerprint density at radius 2 is 1.19 bits per heavy atom. The van der Waals surface area contributed by atoms with Crippen LogP contribution in [0.25, 0.3) is 0 Å². The van der Waals surface area contributed by atoms with E-state index in [0.717, 1.165) is 6.42 Å². The minimum absolute atomic E-state index is 0.530. The molecule has 0 nitrogen and oxygen atoms in total. The van der Waals surface area contributed by atoms with E-state index >= 15 is 0 Å². The van der Waals surface area contributed by atoms with Crippen molar-refractivity contribution in [3.63, 3.8) is 0 Å². The second kappa shape index (κ2) is 8.90. The van der Waals surface area contributed by atoms with Crippen molar-refractivity contribution in [3.8, 4) is 0 Å². The molecule has 0 unspecified atom stereocenters. The molecular weight excluding hydrogens is 279 g/mol. The van der Waals surface area contributed by atoms with E-state index in [0.29, 0.717) is 6.40 Å². The van der Waals surface area contributed by atoms with Crippen LogP contribution in [-0.2, 0) is 0 Å². The molecule has 0 aromatic carbocycles. The van der Waals surface area contributed by atoms with Gasteiger partial charge in [0.15, 0.2) is 1.37 Å². The Labute approximate surface area is 123 Å².